The Morgan fingerprint density at radius 1 is 1.33 bits per heavy atom. The molecule has 3 nitrogen and oxygen atoms in total. The molecule has 0 heterocycles. The van der Waals surface area contributed by atoms with E-state index >= 15 is 0 Å². The van der Waals surface area contributed by atoms with Crippen molar-refractivity contribution in [3.63, 3.8) is 0 Å². The van der Waals surface area contributed by atoms with Gasteiger partial charge in [0, 0.05) is 0 Å². The second kappa shape index (κ2) is 10.2. The molecule has 0 aromatic carbocycles. The van der Waals surface area contributed by atoms with Crippen LogP contribution in [0.25, 0.3) is 0 Å². The zero-order chi connectivity index (χ0) is 3.58. The first-order valence-corrected chi connectivity index (χ1v) is 1.70. The summed E-state index contributed by atoms with van der Waals surface area (Å²) in [5, 5.41) is 0. The van der Waals surface area contributed by atoms with Gasteiger partial charge in [-0.3, -0.25) is 0 Å². The Hall–Kier alpha value is 2.10. The van der Waals surface area contributed by atoms with Crippen LogP contribution in [0.4, 0.5) is 0 Å². The van der Waals surface area contributed by atoms with Crippen LogP contribution in [0, 0.1) is 0 Å². The molecule has 0 amide bonds. The van der Waals surface area contributed by atoms with Gasteiger partial charge in [-0.15, -0.1) is 0 Å². The molecule has 0 aromatic rings. The molecular weight excluding hydrogens is 146 g/mol. The zero-order valence-corrected chi connectivity index (χ0v) is 5.52. The number of rotatable bonds is 0. The third kappa shape index (κ3) is 35.9. The van der Waals surface area contributed by atoms with Crippen LogP contribution in [0.1, 0.15) is 0 Å². The van der Waals surface area contributed by atoms with E-state index in [0.29, 0.717) is 0 Å². The molecule has 0 radical (unpaired) electrons. The van der Waals surface area contributed by atoms with Crippen LogP contribution < -0.4 is 9.79 Å². The quantitative estimate of drug-likeness (QED) is 0.286. The van der Waals surface area contributed by atoms with E-state index in [0.717, 1.165) is 0 Å². The molecule has 0 rings (SSSR count). The van der Waals surface area contributed by atoms with Crippen molar-refractivity contribution in [2.45, 2.75) is 0 Å². The Labute approximate surface area is 77.5 Å². The summed E-state index contributed by atoms with van der Waals surface area (Å²) in [6, 6.07) is 0. The average molecular weight is 150 g/mol. The number of hydrogen-bond acceptors (Lipinski definition) is 3. The Kier molecular flexibility index (Phi) is 26.6. The molecule has 32 valence electrons. The van der Waals surface area contributed by atoms with Crippen molar-refractivity contribution in [3.8, 4) is 0 Å². The Morgan fingerprint density at radius 2 is 1.33 bits per heavy atom. The zero-order valence-electron chi connectivity index (χ0n) is 2.42. The Morgan fingerprint density at radius 3 is 1.33 bits per heavy atom. The van der Waals surface area contributed by atoms with Gasteiger partial charge in [-0.1, -0.05) is 0 Å². The van der Waals surface area contributed by atoms with Crippen LogP contribution in [-0.2, 0) is 0 Å². The van der Waals surface area contributed by atoms with Gasteiger partial charge in [0.1, 0.15) is 0 Å². The van der Waals surface area contributed by atoms with Crippen LogP contribution >= 0.6 is 8.60 Å². The van der Waals surface area contributed by atoms with E-state index in [2.05, 4.69) is 0 Å². The first-order chi connectivity index (χ1) is 1.73. The molecule has 0 aliphatic heterocycles. The minimum Gasteiger partial charge on any atom is -0.820 e. The fourth-order valence-electron chi connectivity index (χ4n) is 0. The Bertz CT molecular complexity index is 15.5. The van der Waals surface area contributed by atoms with Gasteiger partial charge in [0.2, 0.25) is 0 Å². The molecule has 0 unspecified atom stereocenters. The third-order valence-corrected chi connectivity index (χ3v) is 0. The molecule has 0 saturated carbocycles. The predicted molar refractivity (Wildman–Crippen MR) is 24.8 cm³/mol. The Balaban J connectivity index is -0.0000000450. The molecule has 6 heavy (non-hydrogen) atoms. The molecule has 0 aliphatic rings. The smallest absolute Gasteiger partial charge is 0.820 e. The van der Waals surface area contributed by atoms with Gasteiger partial charge < -0.3 is 14.7 Å². The summed E-state index contributed by atoms with van der Waals surface area (Å²) in [4.78, 5) is 24.2. The van der Waals surface area contributed by atoms with Crippen LogP contribution in [0.5, 0.6) is 0 Å². The SMILES string of the molecule is [AlH3].[Ca+2].[O-]P([O-])O. The van der Waals surface area contributed by atoms with Gasteiger partial charge in [-0.05, 0) is 0 Å². The maximum absolute atomic E-state index is 8.59. The molecule has 6 heteroatoms. The molecule has 0 atom stereocenters. The predicted octanol–water partition coefficient (Wildman–Crippen LogP) is -3.64. The van der Waals surface area contributed by atoms with Crippen molar-refractivity contribution in [2.75, 3.05) is 0 Å². The molecular formula is H4AlCaO3P. The van der Waals surface area contributed by atoms with Gasteiger partial charge >= 0.3 is 37.7 Å². The second-order valence-corrected chi connectivity index (χ2v) is 0.714. The maximum Gasteiger partial charge on any atom is 2.00 e. The van der Waals surface area contributed by atoms with Crippen LogP contribution in [0.15, 0.2) is 0 Å². The van der Waals surface area contributed by atoms with Crippen molar-refractivity contribution in [3.05, 3.63) is 0 Å². The average Bonchev–Trinajstić information content (AvgIpc) is 0.811. The van der Waals surface area contributed by atoms with Crippen molar-refractivity contribution < 1.29 is 14.7 Å². The molecule has 1 N–H and O–H groups in total. The summed E-state index contributed by atoms with van der Waals surface area (Å²) in [5.74, 6) is 0. The molecule has 0 fully saturated rings. The van der Waals surface area contributed by atoms with Gasteiger partial charge in [0.05, 0.1) is 0 Å². The minimum atomic E-state index is -3.12. The summed E-state index contributed by atoms with van der Waals surface area (Å²) in [5.41, 5.74) is 0. The van der Waals surface area contributed by atoms with Gasteiger partial charge in [0.25, 0.3) is 0 Å². The standard InChI is InChI=1S/Al.Ca.HO3P.3H/c;;1-4(2)3;;;/h;;1H;;;/q;+2;-2;;;. The fourth-order valence-corrected chi connectivity index (χ4v) is 0. The largest absolute Gasteiger partial charge is 2.00 e. The van der Waals surface area contributed by atoms with E-state index in [1.807, 2.05) is 0 Å². The number of hydrogen-bond donors (Lipinski definition) is 1. The van der Waals surface area contributed by atoms with E-state index in [-0.39, 0.29) is 55.1 Å². The van der Waals surface area contributed by atoms with Crippen molar-refractivity contribution in [1.82, 2.24) is 0 Å². The second-order valence-electron chi connectivity index (χ2n) is 0.238. The van der Waals surface area contributed by atoms with E-state index in [4.69, 9.17) is 14.7 Å². The molecule has 0 spiro atoms. The van der Waals surface area contributed by atoms with E-state index in [9.17, 15) is 0 Å². The van der Waals surface area contributed by atoms with Crippen LogP contribution in [0.3, 0.4) is 0 Å². The van der Waals surface area contributed by atoms with Crippen molar-refractivity contribution in [1.29, 1.82) is 0 Å². The molecule has 0 saturated heterocycles. The molecule has 0 aromatic heterocycles. The molecule has 0 bridgehead atoms. The van der Waals surface area contributed by atoms with Gasteiger partial charge in [-0.25, -0.2) is 0 Å². The first-order valence-electron chi connectivity index (χ1n) is 0.565. The summed E-state index contributed by atoms with van der Waals surface area (Å²) < 4.78 is 0. The van der Waals surface area contributed by atoms with E-state index in [1.165, 1.54) is 0 Å². The third-order valence-electron chi connectivity index (χ3n) is 0. The fraction of sp³-hybridized carbons (Fsp3) is 0. The maximum atomic E-state index is 8.59. The minimum absolute atomic E-state index is 0. The first kappa shape index (κ1) is 15.7. The van der Waals surface area contributed by atoms with Crippen molar-refractivity contribution in [2.24, 2.45) is 0 Å². The van der Waals surface area contributed by atoms with Gasteiger partial charge in [0.15, 0.2) is 17.4 Å². The van der Waals surface area contributed by atoms with Crippen molar-refractivity contribution >= 4 is 63.7 Å². The summed E-state index contributed by atoms with van der Waals surface area (Å²) in [6.45, 7) is 0. The summed E-state index contributed by atoms with van der Waals surface area (Å²) in [7, 11) is -3.12. The molecule has 0 aliphatic carbocycles. The van der Waals surface area contributed by atoms with Crippen LogP contribution in [-0.4, -0.2) is 60.0 Å². The van der Waals surface area contributed by atoms with Crippen LogP contribution in [0.2, 0.25) is 0 Å². The summed E-state index contributed by atoms with van der Waals surface area (Å²) in [6.07, 6.45) is 0. The van der Waals surface area contributed by atoms with E-state index in [1.54, 1.807) is 0 Å². The monoisotopic (exact) mass is 150 g/mol. The van der Waals surface area contributed by atoms with E-state index < -0.39 is 8.60 Å². The summed E-state index contributed by atoms with van der Waals surface area (Å²) >= 11 is 0. The van der Waals surface area contributed by atoms with Gasteiger partial charge in [-0.2, -0.15) is 8.60 Å². The normalized spacial score (nSPS) is 6.00. The topological polar surface area (TPSA) is 66.3 Å².